The van der Waals surface area contributed by atoms with E-state index in [1.165, 1.54) is 0 Å². The van der Waals surface area contributed by atoms with E-state index >= 15 is 0 Å². The fraction of sp³-hybridized carbons (Fsp3) is 0.700. The maximum absolute atomic E-state index is 11.4. The van der Waals surface area contributed by atoms with E-state index in [0.717, 1.165) is 18.4 Å². The lowest BCUT2D eigenvalue weighted by Gasteiger charge is -2.11. The summed E-state index contributed by atoms with van der Waals surface area (Å²) in [6.07, 6.45) is 4.50. The van der Waals surface area contributed by atoms with Crippen LogP contribution >= 0.6 is 0 Å². The number of allylic oxidation sites excluding steroid dienone is 1. The molecule has 0 saturated carbocycles. The minimum Gasteiger partial charge on any atom is -0.463 e. The molecule has 0 unspecified atom stereocenters. The van der Waals surface area contributed by atoms with Crippen LogP contribution in [0.1, 0.15) is 26.2 Å². The third-order valence-corrected chi connectivity index (χ3v) is 2.31. The number of aliphatic hydroxyl groups excluding tert-OH is 1. The highest BCUT2D eigenvalue weighted by Gasteiger charge is 2.24. The minimum atomic E-state index is -0.210. The van der Waals surface area contributed by atoms with Gasteiger partial charge in [-0.2, -0.15) is 0 Å². The first kappa shape index (κ1) is 10.3. The second-order valence-corrected chi connectivity index (χ2v) is 3.17. The van der Waals surface area contributed by atoms with Crippen molar-refractivity contribution in [3.8, 4) is 0 Å². The van der Waals surface area contributed by atoms with Gasteiger partial charge in [-0.3, -0.25) is 0 Å². The quantitative estimate of drug-likeness (QED) is 0.669. The molecule has 13 heavy (non-hydrogen) atoms. The van der Waals surface area contributed by atoms with E-state index in [1.807, 2.05) is 6.08 Å². The Morgan fingerprint density at radius 3 is 3.15 bits per heavy atom. The monoisotopic (exact) mass is 184 g/mol. The molecule has 0 spiro atoms. The van der Waals surface area contributed by atoms with Crippen LogP contribution in [0.4, 0.5) is 0 Å². The minimum absolute atomic E-state index is 0.140. The zero-order chi connectivity index (χ0) is 9.68. The number of rotatable bonds is 4. The second kappa shape index (κ2) is 5.02. The molecule has 74 valence electrons. The summed E-state index contributed by atoms with van der Waals surface area (Å²) in [5, 5.41) is 8.78. The topological polar surface area (TPSA) is 46.5 Å². The van der Waals surface area contributed by atoms with Crippen molar-refractivity contribution in [1.82, 2.24) is 0 Å². The van der Waals surface area contributed by atoms with Gasteiger partial charge in [0.25, 0.3) is 0 Å². The van der Waals surface area contributed by atoms with E-state index in [9.17, 15) is 4.79 Å². The summed E-state index contributed by atoms with van der Waals surface area (Å²) in [6.45, 7) is 2.36. The average molecular weight is 184 g/mol. The maximum atomic E-state index is 11.4. The molecular formula is C10H16O3. The van der Waals surface area contributed by atoms with E-state index in [0.29, 0.717) is 13.0 Å². The van der Waals surface area contributed by atoms with E-state index in [1.54, 1.807) is 6.92 Å². The van der Waals surface area contributed by atoms with Gasteiger partial charge in [0, 0.05) is 12.2 Å². The van der Waals surface area contributed by atoms with Gasteiger partial charge in [-0.1, -0.05) is 6.08 Å². The number of esters is 1. The predicted molar refractivity (Wildman–Crippen MR) is 49.1 cm³/mol. The Kier molecular flexibility index (Phi) is 3.96. The summed E-state index contributed by atoms with van der Waals surface area (Å²) in [5.74, 6) is 0.00231. The SMILES string of the molecule is CCOC(=O)C1=CCC[C@@H]1CCO. The standard InChI is InChI=1S/C10H16O3/c1-2-13-10(12)9-5-3-4-8(9)6-7-11/h5,8,11H,2-4,6-7H2,1H3/t8-/m1/s1. The summed E-state index contributed by atoms with van der Waals surface area (Å²) in [6, 6.07) is 0. The molecule has 0 amide bonds. The molecule has 0 heterocycles. The van der Waals surface area contributed by atoms with Crippen LogP contribution in [0.2, 0.25) is 0 Å². The van der Waals surface area contributed by atoms with Crippen LogP contribution in [-0.2, 0) is 9.53 Å². The van der Waals surface area contributed by atoms with Crippen molar-refractivity contribution >= 4 is 5.97 Å². The van der Waals surface area contributed by atoms with Gasteiger partial charge < -0.3 is 9.84 Å². The van der Waals surface area contributed by atoms with Gasteiger partial charge in [0.2, 0.25) is 0 Å². The fourth-order valence-electron chi connectivity index (χ4n) is 1.68. The van der Waals surface area contributed by atoms with Gasteiger partial charge in [-0.05, 0) is 32.1 Å². The van der Waals surface area contributed by atoms with Crippen LogP contribution in [0, 0.1) is 5.92 Å². The molecule has 1 N–H and O–H groups in total. The summed E-state index contributed by atoms with van der Waals surface area (Å²) in [7, 11) is 0. The van der Waals surface area contributed by atoms with Crippen LogP contribution in [0.5, 0.6) is 0 Å². The molecule has 0 saturated heterocycles. The van der Waals surface area contributed by atoms with Crippen LogP contribution in [0.3, 0.4) is 0 Å². The van der Waals surface area contributed by atoms with Crippen LogP contribution in [0.25, 0.3) is 0 Å². The van der Waals surface area contributed by atoms with E-state index in [-0.39, 0.29) is 18.5 Å². The van der Waals surface area contributed by atoms with Crippen molar-refractivity contribution < 1.29 is 14.6 Å². The summed E-state index contributed by atoms with van der Waals surface area (Å²) in [5.41, 5.74) is 0.760. The molecule has 0 aromatic heterocycles. The van der Waals surface area contributed by atoms with Crippen molar-refractivity contribution in [2.24, 2.45) is 5.92 Å². The Morgan fingerprint density at radius 2 is 2.54 bits per heavy atom. The van der Waals surface area contributed by atoms with E-state index in [2.05, 4.69) is 0 Å². The highest BCUT2D eigenvalue weighted by atomic mass is 16.5. The van der Waals surface area contributed by atoms with Gasteiger partial charge in [0.1, 0.15) is 0 Å². The summed E-state index contributed by atoms with van der Waals surface area (Å²) < 4.78 is 4.91. The molecule has 1 rings (SSSR count). The van der Waals surface area contributed by atoms with Crippen molar-refractivity contribution in [1.29, 1.82) is 0 Å². The molecular weight excluding hydrogens is 168 g/mol. The zero-order valence-corrected chi connectivity index (χ0v) is 7.95. The number of ether oxygens (including phenoxy) is 1. The average Bonchev–Trinajstić information content (AvgIpc) is 2.54. The van der Waals surface area contributed by atoms with E-state index in [4.69, 9.17) is 9.84 Å². The number of hydrogen-bond donors (Lipinski definition) is 1. The lowest BCUT2D eigenvalue weighted by Crippen LogP contribution is -2.14. The van der Waals surface area contributed by atoms with Crippen LogP contribution < -0.4 is 0 Å². The zero-order valence-electron chi connectivity index (χ0n) is 7.95. The molecule has 1 aliphatic carbocycles. The van der Waals surface area contributed by atoms with Crippen molar-refractivity contribution in [3.63, 3.8) is 0 Å². The number of aliphatic hydroxyl groups is 1. The summed E-state index contributed by atoms with van der Waals surface area (Å²) >= 11 is 0. The Morgan fingerprint density at radius 1 is 1.77 bits per heavy atom. The smallest absolute Gasteiger partial charge is 0.333 e. The van der Waals surface area contributed by atoms with Gasteiger partial charge in [-0.25, -0.2) is 4.79 Å². The Labute approximate surface area is 78.4 Å². The number of carbonyl (C=O) groups excluding carboxylic acids is 1. The molecule has 3 heteroatoms. The molecule has 0 bridgehead atoms. The van der Waals surface area contributed by atoms with Gasteiger partial charge in [-0.15, -0.1) is 0 Å². The van der Waals surface area contributed by atoms with Crippen molar-refractivity contribution in [3.05, 3.63) is 11.6 Å². The maximum Gasteiger partial charge on any atom is 0.333 e. The lowest BCUT2D eigenvalue weighted by atomic mass is 9.98. The predicted octanol–water partition coefficient (Wildman–Crippen LogP) is 1.27. The van der Waals surface area contributed by atoms with Gasteiger partial charge in [0.05, 0.1) is 6.61 Å². The molecule has 0 aromatic carbocycles. The normalized spacial score (nSPS) is 21.4. The molecule has 3 nitrogen and oxygen atoms in total. The lowest BCUT2D eigenvalue weighted by molar-refractivity contribution is -0.139. The third-order valence-electron chi connectivity index (χ3n) is 2.31. The highest BCUT2D eigenvalue weighted by Crippen LogP contribution is 2.29. The largest absolute Gasteiger partial charge is 0.463 e. The molecule has 1 atom stereocenters. The second-order valence-electron chi connectivity index (χ2n) is 3.17. The first-order chi connectivity index (χ1) is 6.29. The van der Waals surface area contributed by atoms with Crippen molar-refractivity contribution in [2.75, 3.05) is 13.2 Å². The Balaban J connectivity index is 2.51. The molecule has 0 aliphatic heterocycles. The first-order valence-electron chi connectivity index (χ1n) is 4.77. The molecule has 0 fully saturated rings. The van der Waals surface area contributed by atoms with Crippen molar-refractivity contribution in [2.45, 2.75) is 26.2 Å². The highest BCUT2D eigenvalue weighted by molar-refractivity contribution is 5.89. The molecule has 0 radical (unpaired) electrons. The summed E-state index contributed by atoms with van der Waals surface area (Å²) in [4.78, 5) is 11.4. The Bertz CT molecular complexity index is 208. The third kappa shape index (κ3) is 2.56. The number of carbonyl (C=O) groups is 1. The molecule has 0 aromatic rings. The van der Waals surface area contributed by atoms with Gasteiger partial charge >= 0.3 is 5.97 Å². The van der Waals surface area contributed by atoms with Crippen LogP contribution in [-0.4, -0.2) is 24.3 Å². The fourth-order valence-corrected chi connectivity index (χ4v) is 1.68. The van der Waals surface area contributed by atoms with Gasteiger partial charge in [0.15, 0.2) is 0 Å². The number of hydrogen-bond acceptors (Lipinski definition) is 3. The van der Waals surface area contributed by atoms with Crippen LogP contribution in [0.15, 0.2) is 11.6 Å². The van der Waals surface area contributed by atoms with E-state index < -0.39 is 0 Å². The Hall–Kier alpha value is -0.830. The molecule has 1 aliphatic rings. The first-order valence-corrected chi connectivity index (χ1v) is 4.77.